The Hall–Kier alpha value is -2.13. The molecule has 9 heteroatoms. The zero-order valence-electron chi connectivity index (χ0n) is 16.0. The number of benzene rings is 1. The van der Waals surface area contributed by atoms with Crippen LogP contribution in [0.15, 0.2) is 18.2 Å². The maximum Gasteiger partial charge on any atom is 0.254 e. The van der Waals surface area contributed by atoms with E-state index < -0.39 is 6.04 Å². The SMILES string of the molecule is CNC(=O)c1c(NC(=O)C2CC(c3cc(Cl)ccc3O)NN2)sc2c1CCCC2. The number of aryl methyl sites for hydroxylation is 1. The molecule has 2 heterocycles. The van der Waals surface area contributed by atoms with Crippen LogP contribution in [0.4, 0.5) is 5.00 Å². The van der Waals surface area contributed by atoms with Gasteiger partial charge in [0, 0.05) is 22.5 Å². The first-order chi connectivity index (χ1) is 14.0. The number of halogens is 1. The predicted octanol–water partition coefficient (Wildman–Crippen LogP) is 2.89. The van der Waals surface area contributed by atoms with Crippen LogP contribution in [0.2, 0.25) is 5.02 Å². The molecule has 2 unspecified atom stereocenters. The Morgan fingerprint density at radius 3 is 2.83 bits per heavy atom. The highest BCUT2D eigenvalue weighted by molar-refractivity contribution is 7.17. The molecule has 1 aliphatic carbocycles. The van der Waals surface area contributed by atoms with Crippen LogP contribution in [0.3, 0.4) is 0 Å². The van der Waals surface area contributed by atoms with Crippen LogP contribution in [0.5, 0.6) is 5.75 Å². The monoisotopic (exact) mass is 434 g/mol. The molecule has 7 nitrogen and oxygen atoms in total. The molecule has 4 rings (SSSR count). The average molecular weight is 435 g/mol. The van der Waals surface area contributed by atoms with E-state index in [1.54, 1.807) is 25.2 Å². The number of phenols is 1. The van der Waals surface area contributed by atoms with E-state index in [9.17, 15) is 14.7 Å². The predicted molar refractivity (Wildman–Crippen MR) is 114 cm³/mol. The average Bonchev–Trinajstić information content (AvgIpc) is 3.34. The molecule has 1 aromatic carbocycles. The Balaban J connectivity index is 1.51. The minimum Gasteiger partial charge on any atom is -0.508 e. The number of carbonyl (C=O) groups excluding carboxylic acids is 2. The zero-order valence-corrected chi connectivity index (χ0v) is 17.5. The molecule has 2 aliphatic rings. The summed E-state index contributed by atoms with van der Waals surface area (Å²) < 4.78 is 0. The Morgan fingerprint density at radius 2 is 2.03 bits per heavy atom. The highest BCUT2D eigenvalue weighted by atomic mass is 35.5. The standard InChI is InChI=1S/C20H23ClN4O3S/c1-22-19(28)17-11-4-2-3-5-16(11)29-20(17)23-18(27)14-9-13(24-25-14)12-8-10(21)6-7-15(12)26/h6-8,13-14,24-26H,2-5,9H2,1H3,(H,22,28)(H,23,27). The third-order valence-corrected chi connectivity index (χ3v) is 6.89. The molecule has 0 bridgehead atoms. The molecule has 0 radical (unpaired) electrons. The van der Waals surface area contributed by atoms with E-state index in [0.717, 1.165) is 31.2 Å². The molecular weight excluding hydrogens is 412 g/mol. The van der Waals surface area contributed by atoms with Gasteiger partial charge in [0.1, 0.15) is 16.8 Å². The van der Waals surface area contributed by atoms with Gasteiger partial charge in [-0.1, -0.05) is 11.6 Å². The maximum atomic E-state index is 12.9. The van der Waals surface area contributed by atoms with Crippen LogP contribution in [0.25, 0.3) is 0 Å². The van der Waals surface area contributed by atoms with E-state index >= 15 is 0 Å². The summed E-state index contributed by atoms with van der Waals surface area (Å²) >= 11 is 7.53. The second kappa shape index (κ2) is 8.31. The van der Waals surface area contributed by atoms with Gasteiger partial charge in [-0.15, -0.1) is 11.3 Å². The maximum absolute atomic E-state index is 12.9. The van der Waals surface area contributed by atoms with Gasteiger partial charge in [-0.25, -0.2) is 10.9 Å². The Morgan fingerprint density at radius 1 is 1.24 bits per heavy atom. The highest BCUT2D eigenvalue weighted by Gasteiger charge is 2.33. The van der Waals surface area contributed by atoms with Crippen LogP contribution in [0, 0.1) is 0 Å². The van der Waals surface area contributed by atoms with Gasteiger partial charge >= 0.3 is 0 Å². The summed E-state index contributed by atoms with van der Waals surface area (Å²) in [6.45, 7) is 0. The fraction of sp³-hybridized carbons (Fsp3) is 0.400. The van der Waals surface area contributed by atoms with Gasteiger partial charge in [-0.05, 0) is 55.9 Å². The minimum absolute atomic E-state index is 0.127. The third-order valence-electron chi connectivity index (χ3n) is 5.45. The summed E-state index contributed by atoms with van der Waals surface area (Å²) in [5.41, 5.74) is 8.33. The topological polar surface area (TPSA) is 102 Å². The second-order valence-electron chi connectivity index (χ2n) is 7.32. The molecule has 0 saturated carbocycles. The van der Waals surface area contributed by atoms with Crippen LogP contribution in [-0.2, 0) is 17.6 Å². The third kappa shape index (κ3) is 3.98. The lowest BCUT2D eigenvalue weighted by Crippen LogP contribution is -2.39. The summed E-state index contributed by atoms with van der Waals surface area (Å²) in [5, 5.41) is 16.9. The van der Waals surface area contributed by atoms with Crippen molar-refractivity contribution in [1.29, 1.82) is 0 Å². The minimum atomic E-state index is -0.505. The molecule has 2 aromatic rings. The lowest BCUT2D eigenvalue weighted by molar-refractivity contribution is -0.117. The Kier molecular flexibility index (Phi) is 5.78. The zero-order chi connectivity index (χ0) is 20.5. The smallest absolute Gasteiger partial charge is 0.254 e. The molecule has 0 spiro atoms. The second-order valence-corrected chi connectivity index (χ2v) is 8.86. The van der Waals surface area contributed by atoms with Crippen molar-refractivity contribution in [1.82, 2.24) is 16.2 Å². The van der Waals surface area contributed by atoms with Gasteiger partial charge in [0.25, 0.3) is 5.91 Å². The van der Waals surface area contributed by atoms with Crippen molar-refractivity contribution in [2.24, 2.45) is 0 Å². The van der Waals surface area contributed by atoms with Crippen LogP contribution in [-0.4, -0.2) is 30.0 Å². The number of hydrazine groups is 1. The number of rotatable bonds is 4. The van der Waals surface area contributed by atoms with Gasteiger partial charge in [0.05, 0.1) is 11.6 Å². The van der Waals surface area contributed by atoms with Crippen LogP contribution < -0.4 is 21.5 Å². The number of phenolic OH excluding ortho intramolecular Hbond substituents is 1. The van der Waals surface area contributed by atoms with Crippen molar-refractivity contribution in [2.75, 3.05) is 12.4 Å². The lowest BCUT2D eigenvalue weighted by Gasteiger charge is -2.13. The van der Waals surface area contributed by atoms with Crippen molar-refractivity contribution >= 4 is 39.8 Å². The van der Waals surface area contributed by atoms with Gasteiger partial charge in [-0.3, -0.25) is 9.59 Å². The van der Waals surface area contributed by atoms with Gasteiger partial charge in [-0.2, -0.15) is 0 Å². The number of aromatic hydroxyl groups is 1. The fourth-order valence-corrected chi connectivity index (χ4v) is 5.42. The summed E-state index contributed by atoms with van der Waals surface area (Å²) in [6, 6.07) is 4.09. The highest BCUT2D eigenvalue weighted by Crippen LogP contribution is 2.38. The van der Waals surface area contributed by atoms with Crippen LogP contribution >= 0.6 is 22.9 Å². The van der Waals surface area contributed by atoms with Crippen molar-refractivity contribution in [3.05, 3.63) is 44.8 Å². The molecule has 1 aliphatic heterocycles. The largest absolute Gasteiger partial charge is 0.508 e. The first kappa shape index (κ1) is 20.2. The normalized spacial score (nSPS) is 20.9. The molecule has 1 aromatic heterocycles. The number of hydrogen-bond donors (Lipinski definition) is 5. The van der Waals surface area contributed by atoms with E-state index in [1.165, 1.54) is 16.2 Å². The first-order valence-electron chi connectivity index (χ1n) is 9.65. The number of nitrogens with one attached hydrogen (secondary N) is 4. The molecular formula is C20H23ClN4O3S. The van der Waals surface area contributed by atoms with E-state index in [1.807, 2.05) is 0 Å². The van der Waals surface area contributed by atoms with Crippen LogP contribution in [0.1, 0.15) is 51.7 Å². The van der Waals surface area contributed by atoms with Crippen molar-refractivity contribution in [3.63, 3.8) is 0 Å². The van der Waals surface area contributed by atoms with E-state index in [0.29, 0.717) is 27.6 Å². The van der Waals surface area contributed by atoms with Crippen molar-refractivity contribution in [3.8, 4) is 5.75 Å². The molecule has 5 N–H and O–H groups in total. The quantitative estimate of drug-likeness (QED) is 0.509. The van der Waals surface area contributed by atoms with Crippen molar-refractivity contribution < 1.29 is 14.7 Å². The van der Waals surface area contributed by atoms with E-state index in [4.69, 9.17) is 11.6 Å². The molecule has 154 valence electrons. The number of amides is 2. The summed E-state index contributed by atoms with van der Waals surface area (Å²) in [6.07, 6.45) is 4.41. The first-order valence-corrected chi connectivity index (χ1v) is 10.8. The number of thiophene rings is 1. The Labute approximate surface area is 177 Å². The Bertz CT molecular complexity index is 961. The molecule has 2 atom stereocenters. The van der Waals surface area contributed by atoms with Crippen molar-refractivity contribution in [2.45, 2.75) is 44.2 Å². The van der Waals surface area contributed by atoms with Gasteiger partial charge in [0.15, 0.2) is 0 Å². The summed E-state index contributed by atoms with van der Waals surface area (Å²) in [4.78, 5) is 26.5. The molecule has 1 saturated heterocycles. The van der Waals surface area contributed by atoms with E-state index in [2.05, 4.69) is 21.5 Å². The summed E-state index contributed by atoms with van der Waals surface area (Å²) in [7, 11) is 1.60. The van der Waals surface area contributed by atoms with E-state index in [-0.39, 0.29) is 23.6 Å². The van der Waals surface area contributed by atoms with Gasteiger partial charge in [0.2, 0.25) is 5.91 Å². The number of anilines is 1. The summed E-state index contributed by atoms with van der Waals surface area (Å²) in [5.74, 6) is -0.258. The lowest BCUT2D eigenvalue weighted by atomic mass is 9.95. The van der Waals surface area contributed by atoms with Gasteiger partial charge < -0.3 is 15.7 Å². The molecule has 2 amide bonds. The molecule has 1 fully saturated rings. The molecule has 29 heavy (non-hydrogen) atoms. The fourth-order valence-electron chi connectivity index (χ4n) is 3.95. The number of fused-ring (bicyclic) bond motifs is 1. The number of carbonyl (C=O) groups is 2. The number of hydrogen-bond acceptors (Lipinski definition) is 6.